The molecule has 0 spiro atoms. The maximum Gasteiger partial charge on any atom is 0.409 e. The van der Waals surface area contributed by atoms with E-state index in [1.54, 1.807) is 4.90 Å². The van der Waals surface area contributed by atoms with Crippen LogP contribution < -0.4 is 0 Å². The number of carbonyl (C=O) groups is 2. The molecule has 2 heterocycles. The molecule has 0 aliphatic carbocycles. The van der Waals surface area contributed by atoms with Gasteiger partial charge in [0, 0.05) is 31.1 Å². The van der Waals surface area contributed by atoms with Crippen molar-refractivity contribution in [3.05, 3.63) is 0 Å². The van der Waals surface area contributed by atoms with E-state index in [2.05, 4.69) is 11.9 Å². The van der Waals surface area contributed by atoms with Crippen molar-refractivity contribution in [2.75, 3.05) is 40.3 Å². The van der Waals surface area contributed by atoms with Crippen LogP contribution in [-0.2, 0) is 9.53 Å². The third-order valence-electron chi connectivity index (χ3n) is 4.75. The summed E-state index contributed by atoms with van der Waals surface area (Å²) in [6.45, 7) is 7.10. The van der Waals surface area contributed by atoms with E-state index in [0.717, 1.165) is 25.9 Å². The molecule has 0 aromatic heterocycles. The van der Waals surface area contributed by atoms with E-state index in [-0.39, 0.29) is 30.0 Å². The van der Waals surface area contributed by atoms with E-state index in [1.165, 1.54) is 7.11 Å². The molecule has 2 amide bonds. The molecular formula is C15H27N3O3. The molecule has 2 rings (SSSR count). The second-order valence-corrected chi connectivity index (χ2v) is 6.39. The molecule has 21 heavy (non-hydrogen) atoms. The fourth-order valence-electron chi connectivity index (χ4n) is 3.30. The molecule has 0 aromatic carbocycles. The first kappa shape index (κ1) is 16.1. The van der Waals surface area contributed by atoms with Crippen LogP contribution in [0.5, 0.6) is 0 Å². The summed E-state index contributed by atoms with van der Waals surface area (Å²) in [5.74, 6) is 0.396. The fraction of sp³-hybridized carbons (Fsp3) is 0.867. The van der Waals surface area contributed by atoms with E-state index in [9.17, 15) is 9.59 Å². The van der Waals surface area contributed by atoms with Crippen LogP contribution in [0.1, 0.15) is 26.7 Å². The van der Waals surface area contributed by atoms with Crippen LogP contribution in [0.2, 0.25) is 0 Å². The maximum atomic E-state index is 12.7. The summed E-state index contributed by atoms with van der Waals surface area (Å²) >= 11 is 0. The van der Waals surface area contributed by atoms with Gasteiger partial charge < -0.3 is 19.4 Å². The molecule has 6 nitrogen and oxygen atoms in total. The average Bonchev–Trinajstić information content (AvgIpc) is 2.48. The predicted octanol–water partition coefficient (Wildman–Crippen LogP) is 1.02. The third kappa shape index (κ3) is 3.48. The number of piperidine rings is 1. The van der Waals surface area contributed by atoms with Crippen molar-refractivity contribution < 1.29 is 14.3 Å². The number of methoxy groups -OCH3 is 1. The zero-order valence-corrected chi connectivity index (χ0v) is 13.5. The fourth-order valence-corrected chi connectivity index (χ4v) is 3.30. The second-order valence-electron chi connectivity index (χ2n) is 6.39. The number of piperazine rings is 1. The maximum absolute atomic E-state index is 12.7. The van der Waals surface area contributed by atoms with Gasteiger partial charge in [0.1, 0.15) is 0 Å². The molecule has 2 saturated heterocycles. The second kappa shape index (κ2) is 6.64. The molecular weight excluding hydrogens is 270 g/mol. The molecule has 2 fully saturated rings. The lowest BCUT2D eigenvalue weighted by molar-refractivity contribution is -0.142. The molecule has 0 bridgehead atoms. The van der Waals surface area contributed by atoms with Gasteiger partial charge in [0.15, 0.2) is 0 Å². The van der Waals surface area contributed by atoms with Gasteiger partial charge in [0.05, 0.1) is 7.11 Å². The van der Waals surface area contributed by atoms with Crippen molar-refractivity contribution >= 4 is 12.0 Å². The molecule has 6 heteroatoms. The molecule has 2 atom stereocenters. The van der Waals surface area contributed by atoms with Gasteiger partial charge in [0.2, 0.25) is 5.91 Å². The minimum Gasteiger partial charge on any atom is -0.453 e. The first-order valence-electron chi connectivity index (χ1n) is 7.77. The minimum absolute atomic E-state index is 0.00358. The van der Waals surface area contributed by atoms with Crippen LogP contribution in [0.15, 0.2) is 0 Å². The Bertz CT molecular complexity index is 394. The van der Waals surface area contributed by atoms with Crippen LogP contribution in [0, 0.1) is 5.92 Å². The van der Waals surface area contributed by atoms with Gasteiger partial charge in [0.25, 0.3) is 0 Å². The van der Waals surface area contributed by atoms with Crippen LogP contribution in [0.4, 0.5) is 4.79 Å². The summed E-state index contributed by atoms with van der Waals surface area (Å²) in [6.07, 6.45) is 1.57. The largest absolute Gasteiger partial charge is 0.453 e. The number of carbonyl (C=O) groups excluding carboxylic acids is 2. The van der Waals surface area contributed by atoms with Gasteiger partial charge in [-0.05, 0) is 46.8 Å². The van der Waals surface area contributed by atoms with Crippen LogP contribution in [0.3, 0.4) is 0 Å². The van der Waals surface area contributed by atoms with Crippen molar-refractivity contribution in [1.29, 1.82) is 0 Å². The van der Waals surface area contributed by atoms with E-state index in [1.807, 2.05) is 18.7 Å². The number of likely N-dealkylation sites (tertiary alicyclic amines) is 1. The highest BCUT2D eigenvalue weighted by atomic mass is 16.5. The number of amides is 2. The molecule has 0 saturated carbocycles. The summed E-state index contributed by atoms with van der Waals surface area (Å²) in [5.41, 5.74) is 0. The number of hydrogen-bond acceptors (Lipinski definition) is 4. The highest BCUT2D eigenvalue weighted by molar-refractivity contribution is 5.80. The minimum atomic E-state index is -0.305. The Morgan fingerprint density at radius 2 is 1.52 bits per heavy atom. The lowest BCUT2D eigenvalue weighted by atomic mass is 9.94. The van der Waals surface area contributed by atoms with Crippen molar-refractivity contribution in [1.82, 2.24) is 14.7 Å². The predicted molar refractivity (Wildman–Crippen MR) is 80.0 cm³/mol. The average molecular weight is 297 g/mol. The summed E-state index contributed by atoms with van der Waals surface area (Å²) in [4.78, 5) is 30.4. The molecule has 0 radical (unpaired) electrons. The topological polar surface area (TPSA) is 53.1 Å². The molecule has 120 valence electrons. The lowest BCUT2D eigenvalue weighted by Gasteiger charge is -2.45. The summed E-state index contributed by atoms with van der Waals surface area (Å²) in [7, 11) is 3.50. The van der Waals surface area contributed by atoms with Gasteiger partial charge >= 0.3 is 6.09 Å². The lowest BCUT2D eigenvalue weighted by Crippen LogP contribution is -2.60. The number of rotatable bonds is 1. The Morgan fingerprint density at radius 3 is 2.10 bits per heavy atom. The molecule has 0 unspecified atom stereocenters. The number of ether oxygens (including phenoxy) is 1. The van der Waals surface area contributed by atoms with Gasteiger partial charge in [-0.3, -0.25) is 4.79 Å². The Kier molecular flexibility index (Phi) is 5.08. The standard InChI is InChI=1S/C15H27N3O3/c1-11-10-18(15(20)21-4)12(2)9-17(11)14(19)13-5-7-16(3)8-6-13/h11-13H,5-10H2,1-4H3/t11-,12+/m0/s1. The highest BCUT2D eigenvalue weighted by Crippen LogP contribution is 2.23. The zero-order chi connectivity index (χ0) is 15.6. The van der Waals surface area contributed by atoms with Crippen LogP contribution in [0.25, 0.3) is 0 Å². The molecule has 0 aromatic rings. The van der Waals surface area contributed by atoms with Crippen molar-refractivity contribution in [2.45, 2.75) is 38.8 Å². The zero-order valence-electron chi connectivity index (χ0n) is 13.5. The highest BCUT2D eigenvalue weighted by Gasteiger charge is 2.37. The van der Waals surface area contributed by atoms with E-state index in [0.29, 0.717) is 13.1 Å². The van der Waals surface area contributed by atoms with Crippen molar-refractivity contribution in [2.24, 2.45) is 5.92 Å². The number of hydrogen-bond donors (Lipinski definition) is 0. The molecule has 2 aliphatic heterocycles. The van der Waals surface area contributed by atoms with Gasteiger partial charge in [-0.1, -0.05) is 0 Å². The summed E-state index contributed by atoms with van der Waals surface area (Å²) < 4.78 is 4.81. The normalized spacial score (nSPS) is 28.6. The first-order chi connectivity index (χ1) is 9.93. The molecule has 2 aliphatic rings. The van der Waals surface area contributed by atoms with E-state index < -0.39 is 0 Å². The van der Waals surface area contributed by atoms with Gasteiger partial charge in [-0.15, -0.1) is 0 Å². The number of nitrogens with zero attached hydrogens (tertiary/aromatic N) is 3. The van der Waals surface area contributed by atoms with E-state index >= 15 is 0 Å². The monoisotopic (exact) mass is 297 g/mol. The Morgan fingerprint density at radius 1 is 1.00 bits per heavy atom. The summed E-state index contributed by atoms with van der Waals surface area (Å²) in [5, 5.41) is 0. The Hall–Kier alpha value is -1.30. The van der Waals surface area contributed by atoms with Gasteiger partial charge in [-0.2, -0.15) is 0 Å². The van der Waals surface area contributed by atoms with Crippen molar-refractivity contribution in [3.8, 4) is 0 Å². The van der Waals surface area contributed by atoms with Crippen molar-refractivity contribution in [3.63, 3.8) is 0 Å². The quantitative estimate of drug-likeness (QED) is 0.725. The third-order valence-corrected chi connectivity index (χ3v) is 4.75. The SMILES string of the molecule is COC(=O)N1C[C@H](C)N(C(=O)C2CCN(C)CC2)C[C@H]1C. The first-order valence-corrected chi connectivity index (χ1v) is 7.77. The smallest absolute Gasteiger partial charge is 0.409 e. The Balaban J connectivity index is 1.98. The van der Waals surface area contributed by atoms with Crippen LogP contribution >= 0.6 is 0 Å². The van der Waals surface area contributed by atoms with Crippen LogP contribution in [-0.4, -0.2) is 79.1 Å². The molecule has 0 N–H and O–H groups in total. The van der Waals surface area contributed by atoms with Gasteiger partial charge in [-0.25, -0.2) is 4.79 Å². The van der Waals surface area contributed by atoms with E-state index in [4.69, 9.17) is 4.74 Å². The summed E-state index contributed by atoms with van der Waals surface area (Å²) in [6, 6.07) is 0.0521. The Labute approximate surface area is 127 Å².